The Bertz CT molecular complexity index is 1960. The van der Waals surface area contributed by atoms with Crippen molar-refractivity contribution in [1.82, 2.24) is 19.1 Å². The van der Waals surface area contributed by atoms with Gasteiger partial charge in [-0.2, -0.15) is 4.98 Å². The number of ether oxygens (including phenoxy) is 3. The lowest BCUT2D eigenvalue weighted by atomic mass is 9.99. The molecule has 0 unspecified atom stereocenters. The SMILES string of the molecule is Cc1oc(=O)oc1C/N=c1/c2ncn([C@H]3C[C@H](OC(=O)C(C)C)[C@@](C)(COC(=O)C(C)C)O3)c2nc(Cl)n1Cc1oc(=O)oc1C. The second-order valence-corrected chi connectivity index (χ2v) is 12.1. The third-order valence-electron chi connectivity index (χ3n) is 7.52. The summed E-state index contributed by atoms with van der Waals surface area (Å²) in [6, 6.07) is 0. The van der Waals surface area contributed by atoms with E-state index in [1.165, 1.54) is 10.9 Å². The molecule has 1 fully saturated rings. The second kappa shape index (κ2) is 12.7. The predicted octanol–water partition coefficient (Wildman–Crippen LogP) is 3.19. The van der Waals surface area contributed by atoms with Gasteiger partial charge in [-0.15, -0.1) is 0 Å². The zero-order chi connectivity index (χ0) is 33.5. The molecule has 0 radical (unpaired) electrons. The van der Waals surface area contributed by atoms with Crippen molar-refractivity contribution in [2.75, 3.05) is 6.61 Å². The molecule has 46 heavy (non-hydrogen) atoms. The number of nitrogens with zero attached hydrogens (tertiary/aromatic N) is 5. The standard InChI is InChI=1S/C29H34ClN5O11/c1-13(2)24(36)40-11-29(7)19(45-25(37)14(3)4)8-20(46-29)35-12-32-21-22(31-9-17-15(5)41-27(38)43-17)34(26(30)33-23(21)35)10-18-16(6)42-28(39)44-18/h12-14,19-20H,8-11H2,1-7H3/b31-22-/t19-,20+,29+/m0/s1. The molecule has 5 rings (SSSR count). The van der Waals surface area contributed by atoms with Crippen LogP contribution in [-0.2, 0) is 36.9 Å². The van der Waals surface area contributed by atoms with Crippen LogP contribution in [0.5, 0.6) is 0 Å². The van der Waals surface area contributed by atoms with Crippen molar-refractivity contribution in [3.05, 3.63) is 61.4 Å². The smallest absolute Gasteiger partial charge is 0.462 e. The Morgan fingerprint density at radius 1 is 1.04 bits per heavy atom. The van der Waals surface area contributed by atoms with E-state index < -0.39 is 47.4 Å². The molecule has 0 N–H and O–H groups in total. The highest BCUT2D eigenvalue weighted by Gasteiger charge is 2.50. The van der Waals surface area contributed by atoms with Gasteiger partial charge in [0.05, 0.1) is 24.7 Å². The molecule has 0 saturated carbocycles. The van der Waals surface area contributed by atoms with Crippen molar-refractivity contribution in [2.24, 2.45) is 16.8 Å². The average Bonchev–Trinajstić information content (AvgIpc) is 3.71. The number of hydrogen-bond acceptors (Lipinski definition) is 14. The summed E-state index contributed by atoms with van der Waals surface area (Å²) in [5.41, 5.74) is -0.460. The van der Waals surface area contributed by atoms with Crippen LogP contribution in [0.15, 0.2) is 38.6 Å². The van der Waals surface area contributed by atoms with Gasteiger partial charge in [0.15, 0.2) is 28.2 Å². The summed E-state index contributed by atoms with van der Waals surface area (Å²) in [4.78, 5) is 62.1. The van der Waals surface area contributed by atoms with Crippen molar-refractivity contribution >= 4 is 34.7 Å². The highest BCUT2D eigenvalue weighted by molar-refractivity contribution is 6.28. The first-order valence-corrected chi connectivity index (χ1v) is 14.9. The molecule has 0 amide bonds. The maximum Gasteiger partial charge on any atom is 0.519 e. The summed E-state index contributed by atoms with van der Waals surface area (Å²) in [7, 11) is 0. The lowest BCUT2D eigenvalue weighted by Gasteiger charge is -2.30. The van der Waals surface area contributed by atoms with Gasteiger partial charge in [-0.3, -0.25) is 23.7 Å². The molecule has 17 heteroatoms. The van der Waals surface area contributed by atoms with Gasteiger partial charge in [0, 0.05) is 6.42 Å². The fourth-order valence-corrected chi connectivity index (χ4v) is 5.04. The molecule has 3 atom stereocenters. The number of imidazole rings is 1. The summed E-state index contributed by atoms with van der Waals surface area (Å²) in [6.07, 6.45) is 0.103. The summed E-state index contributed by atoms with van der Waals surface area (Å²) in [5.74, 6) is -2.53. The number of carbonyl (C=O) groups excluding carboxylic acids is 2. The number of esters is 2. The van der Waals surface area contributed by atoms with Gasteiger partial charge in [0.1, 0.15) is 42.6 Å². The maximum absolute atomic E-state index is 12.6. The minimum absolute atomic E-state index is 0.0592. The summed E-state index contributed by atoms with van der Waals surface area (Å²) >= 11 is 6.71. The molecular formula is C29H34ClN5O11. The topological polar surface area (TPSA) is 197 Å². The molecule has 0 bridgehead atoms. The van der Waals surface area contributed by atoms with E-state index in [1.807, 2.05) is 0 Å². The Hall–Kier alpha value is -4.44. The lowest BCUT2D eigenvalue weighted by Crippen LogP contribution is -2.44. The van der Waals surface area contributed by atoms with Crippen LogP contribution in [-0.4, -0.2) is 49.4 Å². The van der Waals surface area contributed by atoms with E-state index in [-0.39, 0.29) is 77.0 Å². The quantitative estimate of drug-likeness (QED) is 0.177. The Labute approximate surface area is 265 Å². The number of hydrogen-bond donors (Lipinski definition) is 0. The Morgan fingerprint density at radius 2 is 1.67 bits per heavy atom. The van der Waals surface area contributed by atoms with Crippen molar-refractivity contribution < 1.29 is 41.5 Å². The van der Waals surface area contributed by atoms with E-state index in [2.05, 4.69) is 15.0 Å². The minimum atomic E-state index is -1.20. The van der Waals surface area contributed by atoms with Crippen molar-refractivity contribution in [1.29, 1.82) is 0 Å². The maximum atomic E-state index is 12.6. The van der Waals surface area contributed by atoms with Gasteiger partial charge >= 0.3 is 23.6 Å². The molecule has 0 spiro atoms. The highest BCUT2D eigenvalue weighted by Crippen LogP contribution is 2.40. The fraction of sp³-hybridized carbons (Fsp3) is 0.552. The second-order valence-electron chi connectivity index (χ2n) is 11.8. The normalized spacial score (nSPS) is 20.3. The third kappa shape index (κ3) is 6.58. The van der Waals surface area contributed by atoms with Crippen LogP contribution >= 0.6 is 11.6 Å². The molecule has 0 aromatic carbocycles. The molecule has 0 aliphatic carbocycles. The summed E-state index contributed by atoms with van der Waals surface area (Å²) in [6.45, 7) is 11.3. The molecule has 248 valence electrons. The molecule has 1 aliphatic heterocycles. The van der Waals surface area contributed by atoms with E-state index in [4.69, 9.17) is 43.5 Å². The van der Waals surface area contributed by atoms with Crippen LogP contribution < -0.4 is 17.1 Å². The Kier molecular flexibility index (Phi) is 9.13. The average molecular weight is 664 g/mol. The molecule has 5 heterocycles. The molecule has 4 aromatic rings. The highest BCUT2D eigenvalue weighted by atomic mass is 35.5. The minimum Gasteiger partial charge on any atom is -0.462 e. The molecule has 1 saturated heterocycles. The molecular weight excluding hydrogens is 630 g/mol. The van der Waals surface area contributed by atoms with Crippen LogP contribution in [0.2, 0.25) is 5.28 Å². The zero-order valence-electron chi connectivity index (χ0n) is 26.3. The zero-order valence-corrected chi connectivity index (χ0v) is 27.1. The number of carbonyl (C=O) groups is 2. The first kappa shape index (κ1) is 32.9. The van der Waals surface area contributed by atoms with E-state index in [1.54, 1.807) is 53.0 Å². The number of rotatable bonds is 10. The van der Waals surface area contributed by atoms with Crippen LogP contribution in [0, 0.1) is 25.7 Å². The monoisotopic (exact) mass is 663 g/mol. The van der Waals surface area contributed by atoms with Crippen LogP contribution in [0.3, 0.4) is 0 Å². The van der Waals surface area contributed by atoms with Crippen molar-refractivity contribution in [3.8, 4) is 0 Å². The summed E-state index contributed by atoms with van der Waals surface area (Å²) < 4.78 is 41.1. The number of fused-ring (bicyclic) bond motifs is 1. The van der Waals surface area contributed by atoms with Gasteiger partial charge in [-0.25, -0.2) is 14.6 Å². The largest absolute Gasteiger partial charge is 0.519 e. The van der Waals surface area contributed by atoms with E-state index in [9.17, 15) is 19.2 Å². The Balaban J connectivity index is 1.58. The van der Waals surface area contributed by atoms with Crippen LogP contribution in [0.1, 0.15) is 70.3 Å². The van der Waals surface area contributed by atoms with Gasteiger partial charge in [-0.1, -0.05) is 27.7 Å². The van der Waals surface area contributed by atoms with Gasteiger partial charge in [0.2, 0.25) is 5.28 Å². The summed E-state index contributed by atoms with van der Waals surface area (Å²) in [5, 5.41) is -0.0592. The number of aryl methyl sites for hydroxylation is 2. The van der Waals surface area contributed by atoms with Crippen LogP contribution in [0.4, 0.5) is 0 Å². The van der Waals surface area contributed by atoms with Crippen molar-refractivity contribution in [3.63, 3.8) is 0 Å². The first-order valence-electron chi connectivity index (χ1n) is 14.5. The van der Waals surface area contributed by atoms with Crippen LogP contribution in [0.25, 0.3) is 11.2 Å². The van der Waals surface area contributed by atoms with E-state index >= 15 is 0 Å². The van der Waals surface area contributed by atoms with E-state index in [0.29, 0.717) is 0 Å². The number of halogens is 1. The molecule has 1 aliphatic rings. The van der Waals surface area contributed by atoms with Gasteiger partial charge < -0.3 is 31.9 Å². The molecule has 16 nitrogen and oxygen atoms in total. The third-order valence-corrected chi connectivity index (χ3v) is 7.80. The van der Waals surface area contributed by atoms with Gasteiger partial charge in [0.25, 0.3) is 0 Å². The number of aromatic nitrogens is 4. The Morgan fingerprint density at radius 3 is 2.26 bits per heavy atom. The predicted molar refractivity (Wildman–Crippen MR) is 157 cm³/mol. The molecule has 4 aromatic heterocycles. The fourth-order valence-electron chi connectivity index (χ4n) is 4.82. The first-order chi connectivity index (χ1) is 21.7. The lowest BCUT2D eigenvalue weighted by molar-refractivity contribution is -0.177. The van der Waals surface area contributed by atoms with Gasteiger partial charge in [-0.05, 0) is 32.4 Å². The van der Waals surface area contributed by atoms with E-state index in [0.717, 1.165) is 0 Å². The van der Waals surface area contributed by atoms with Crippen molar-refractivity contribution in [2.45, 2.75) is 85.9 Å².